The van der Waals surface area contributed by atoms with E-state index in [0.29, 0.717) is 19.4 Å². The Bertz CT molecular complexity index is 1140. The summed E-state index contributed by atoms with van der Waals surface area (Å²) >= 11 is 0. The maximum atomic E-state index is 12.5. The minimum atomic E-state index is -0.842. The molecule has 0 radical (unpaired) electrons. The number of hydrogen-bond donors (Lipinski definition) is 3. The topological polar surface area (TPSA) is 95.9 Å². The first-order valence-electron chi connectivity index (χ1n) is 35.0. The van der Waals surface area contributed by atoms with Crippen molar-refractivity contribution in [2.75, 3.05) is 13.2 Å². The molecule has 6 heteroatoms. The van der Waals surface area contributed by atoms with Crippen LogP contribution in [0, 0.1) is 0 Å². The second kappa shape index (κ2) is 66.1. The van der Waals surface area contributed by atoms with Crippen LogP contribution in [0.2, 0.25) is 0 Å². The van der Waals surface area contributed by atoms with Gasteiger partial charge in [0.05, 0.1) is 25.4 Å². The molecule has 0 rings (SSSR count). The van der Waals surface area contributed by atoms with Crippen LogP contribution < -0.4 is 5.32 Å². The molecule has 6 nitrogen and oxygen atoms in total. The number of aliphatic hydroxyl groups excluding tert-OH is 2. The van der Waals surface area contributed by atoms with Gasteiger partial charge in [-0.2, -0.15) is 0 Å². The van der Waals surface area contributed by atoms with Crippen molar-refractivity contribution in [3.63, 3.8) is 0 Å². The number of carbonyl (C=O) groups is 2. The van der Waals surface area contributed by atoms with E-state index in [0.717, 1.165) is 38.5 Å². The zero-order valence-corrected chi connectivity index (χ0v) is 51.8. The summed E-state index contributed by atoms with van der Waals surface area (Å²) in [5.41, 5.74) is 0. The highest BCUT2D eigenvalue weighted by molar-refractivity contribution is 5.76. The predicted molar refractivity (Wildman–Crippen MR) is 333 cm³/mol. The molecule has 76 heavy (non-hydrogen) atoms. The normalized spacial score (nSPS) is 12.5. The number of esters is 1. The molecular formula is C70H137NO5. The third-order valence-corrected chi connectivity index (χ3v) is 16.6. The quantitative estimate of drug-likeness (QED) is 0.0320. The molecule has 1 amide bonds. The Kier molecular flexibility index (Phi) is 64.9. The lowest BCUT2D eigenvalue weighted by molar-refractivity contribution is -0.143. The van der Waals surface area contributed by atoms with Gasteiger partial charge in [0.1, 0.15) is 0 Å². The minimum Gasteiger partial charge on any atom is -0.466 e. The van der Waals surface area contributed by atoms with Crippen molar-refractivity contribution in [3.8, 4) is 0 Å². The monoisotopic (exact) mass is 1070 g/mol. The van der Waals surface area contributed by atoms with Crippen molar-refractivity contribution in [2.24, 2.45) is 0 Å². The molecule has 0 fully saturated rings. The van der Waals surface area contributed by atoms with E-state index in [9.17, 15) is 19.8 Å². The highest BCUT2D eigenvalue weighted by atomic mass is 16.5. The summed E-state index contributed by atoms with van der Waals surface area (Å²) in [6, 6.07) is -0.625. The Morgan fingerprint density at radius 1 is 0.355 bits per heavy atom. The number of hydrogen-bond acceptors (Lipinski definition) is 5. The molecule has 452 valence electrons. The van der Waals surface area contributed by atoms with E-state index in [1.54, 1.807) is 6.08 Å². The average molecular weight is 1070 g/mol. The number of aliphatic hydroxyl groups is 2. The maximum absolute atomic E-state index is 12.5. The standard InChI is InChI=1S/C70H137NO5/c1-3-5-7-9-11-13-15-17-19-32-35-38-42-46-50-54-58-62-68(73)67(66-72)71-69(74)63-59-55-51-47-43-39-36-33-30-28-26-24-22-20-21-23-25-27-29-31-34-37-41-45-49-53-57-61-65-76-70(75)64-60-56-52-48-44-40-18-16-14-12-10-8-6-4-2/h58,62,67-68,72-73H,3-57,59-61,63-66H2,1-2H3,(H,71,74)/b62-58+. The van der Waals surface area contributed by atoms with Crippen molar-refractivity contribution in [1.29, 1.82) is 0 Å². The van der Waals surface area contributed by atoms with Gasteiger partial charge in [0.2, 0.25) is 5.91 Å². The molecule has 0 aromatic rings. The molecule has 0 heterocycles. The van der Waals surface area contributed by atoms with E-state index in [2.05, 4.69) is 19.2 Å². The highest BCUT2D eigenvalue weighted by Gasteiger charge is 2.18. The molecule has 0 saturated carbocycles. The van der Waals surface area contributed by atoms with Crippen LogP contribution in [0.1, 0.15) is 399 Å². The number of carbonyl (C=O) groups excluding carboxylic acids is 2. The second-order valence-corrected chi connectivity index (χ2v) is 24.2. The number of rotatable bonds is 66. The van der Waals surface area contributed by atoms with Gasteiger partial charge in [-0.3, -0.25) is 9.59 Å². The number of allylic oxidation sites excluding steroid dienone is 1. The summed E-state index contributed by atoms with van der Waals surface area (Å²) in [5, 5.41) is 23.2. The first-order chi connectivity index (χ1) is 37.5. The molecule has 0 aliphatic rings. The van der Waals surface area contributed by atoms with E-state index in [-0.39, 0.29) is 18.5 Å². The summed E-state index contributed by atoms with van der Waals surface area (Å²) in [6.07, 6.45) is 81.5. The SMILES string of the molecule is CCCCCCCCCCCCCCCCC/C=C/C(O)C(CO)NC(=O)CCCCCCCCCCCCCCCCCCCCCCCCCCCCCCOC(=O)CCCCCCCCCCCCCCCC. The molecule has 0 saturated heterocycles. The zero-order valence-electron chi connectivity index (χ0n) is 51.8. The van der Waals surface area contributed by atoms with E-state index in [1.165, 1.54) is 334 Å². The number of amides is 1. The minimum absolute atomic E-state index is 0.0216. The van der Waals surface area contributed by atoms with Crippen LogP contribution >= 0.6 is 0 Å². The van der Waals surface area contributed by atoms with Crippen LogP contribution in [-0.4, -0.2) is 47.4 Å². The van der Waals surface area contributed by atoms with Crippen molar-refractivity contribution in [1.82, 2.24) is 5.32 Å². The van der Waals surface area contributed by atoms with Gasteiger partial charge in [-0.15, -0.1) is 0 Å². The lowest BCUT2D eigenvalue weighted by atomic mass is 10.0. The molecule has 0 aliphatic carbocycles. The van der Waals surface area contributed by atoms with Crippen LogP contribution in [0.5, 0.6) is 0 Å². The van der Waals surface area contributed by atoms with Crippen molar-refractivity contribution >= 4 is 11.9 Å². The molecule has 2 unspecified atom stereocenters. The van der Waals surface area contributed by atoms with Crippen molar-refractivity contribution in [2.45, 2.75) is 411 Å². The van der Waals surface area contributed by atoms with E-state index < -0.39 is 12.1 Å². The summed E-state index contributed by atoms with van der Waals surface area (Å²) in [7, 11) is 0. The lowest BCUT2D eigenvalue weighted by Gasteiger charge is -2.20. The third-order valence-electron chi connectivity index (χ3n) is 16.6. The number of nitrogens with one attached hydrogen (secondary N) is 1. The van der Waals surface area contributed by atoms with Gasteiger partial charge < -0.3 is 20.3 Å². The smallest absolute Gasteiger partial charge is 0.305 e. The molecule has 3 N–H and O–H groups in total. The van der Waals surface area contributed by atoms with Gasteiger partial charge in [-0.05, 0) is 32.1 Å². The van der Waals surface area contributed by atoms with Crippen LogP contribution in [0.15, 0.2) is 12.2 Å². The zero-order chi connectivity index (χ0) is 55.0. The maximum Gasteiger partial charge on any atom is 0.305 e. The highest BCUT2D eigenvalue weighted by Crippen LogP contribution is 2.19. The molecule has 0 aliphatic heterocycles. The van der Waals surface area contributed by atoms with Crippen LogP contribution in [0.3, 0.4) is 0 Å². The average Bonchev–Trinajstić information content (AvgIpc) is 3.42. The fourth-order valence-corrected chi connectivity index (χ4v) is 11.2. The van der Waals surface area contributed by atoms with E-state index in [4.69, 9.17) is 4.74 Å². The molecule has 0 aromatic heterocycles. The lowest BCUT2D eigenvalue weighted by Crippen LogP contribution is -2.45. The fourth-order valence-electron chi connectivity index (χ4n) is 11.2. The Labute approximate surface area is 476 Å². The van der Waals surface area contributed by atoms with Gasteiger partial charge in [0.25, 0.3) is 0 Å². The molecule has 0 spiro atoms. The van der Waals surface area contributed by atoms with E-state index in [1.807, 2.05) is 6.08 Å². The van der Waals surface area contributed by atoms with Crippen LogP contribution in [0.4, 0.5) is 0 Å². The van der Waals surface area contributed by atoms with Gasteiger partial charge in [-0.1, -0.05) is 366 Å². The summed E-state index contributed by atoms with van der Waals surface area (Å²) in [4.78, 5) is 24.6. The largest absolute Gasteiger partial charge is 0.466 e. The summed E-state index contributed by atoms with van der Waals surface area (Å²) in [6.45, 7) is 4.95. The molecule has 2 atom stereocenters. The third kappa shape index (κ3) is 61.8. The fraction of sp³-hybridized carbons (Fsp3) is 0.943. The Morgan fingerprint density at radius 3 is 0.895 bits per heavy atom. The summed E-state index contributed by atoms with van der Waals surface area (Å²) < 4.78 is 5.50. The number of unbranched alkanes of at least 4 members (excludes halogenated alkanes) is 55. The Morgan fingerprint density at radius 2 is 0.605 bits per heavy atom. The molecule has 0 aromatic carbocycles. The van der Waals surface area contributed by atoms with Crippen LogP contribution in [0.25, 0.3) is 0 Å². The second-order valence-electron chi connectivity index (χ2n) is 24.2. The number of ether oxygens (including phenoxy) is 1. The molecular weight excluding hydrogens is 935 g/mol. The first-order valence-corrected chi connectivity index (χ1v) is 35.0. The first kappa shape index (κ1) is 74.6. The Balaban J connectivity index is 3.35. The molecule has 0 bridgehead atoms. The van der Waals surface area contributed by atoms with Crippen molar-refractivity contribution < 1.29 is 24.5 Å². The Hall–Kier alpha value is -1.40. The van der Waals surface area contributed by atoms with Gasteiger partial charge >= 0.3 is 5.97 Å². The predicted octanol–water partition coefficient (Wildman–Crippen LogP) is 22.4. The van der Waals surface area contributed by atoms with Crippen LogP contribution in [-0.2, 0) is 14.3 Å². The van der Waals surface area contributed by atoms with Gasteiger partial charge in [0, 0.05) is 12.8 Å². The van der Waals surface area contributed by atoms with Gasteiger partial charge in [0.15, 0.2) is 0 Å². The summed E-state index contributed by atoms with van der Waals surface area (Å²) in [5.74, 6) is -0.0396. The van der Waals surface area contributed by atoms with Crippen molar-refractivity contribution in [3.05, 3.63) is 12.2 Å². The van der Waals surface area contributed by atoms with E-state index >= 15 is 0 Å². The van der Waals surface area contributed by atoms with Gasteiger partial charge in [-0.25, -0.2) is 0 Å².